The van der Waals surface area contributed by atoms with Crippen LogP contribution in [0.4, 0.5) is 17.2 Å². The van der Waals surface area contributed by atoms with Crippen LogP contribution in [0.5, 0.6) is 0 Å². The summed E-state index contributed by atoms with van der Waals surface area (Å²) in [6.45, 7) is 4.00. The van der Waals surface area contributed by atoms with E-state index >= 15 is 0 Å². The third-order valence-electron chi connectivity index (χ3n) is 2.78. The van der Waals surface area contributed by atoms with Gasteiger partial charge in [0.05, 0.1) is 11.9 Å². The van der Waals surface area contributed by atoms with Gasteiger partial charge in [0.2, 0.25) is 5.91 Å². The lowest BCUT2D eigenvalue weighted by atomic mass is 10.1. The number of carbonyl (C=O) groups excluding carboxylic acids is 1. The molecule has 2 N–H and O–H groups in total. The molecule has 2 aromatic rings. The number of hydrogen-bond donors (Lipinski definition) is 2. The second-order valence-corrected chi connectivity index (χ2v) is 6.23. The van der Waals surface area contributed by atoms with Crippen molar-refractivity contribution in [1.82, 2.24) is 4.98 Å². The van der Waals surface area contributed by atoms with E-state index in [2.05, 4.69) is 15.6 Å². The maximum atomic E-state index is 11.7. The number of nitrogens with zero attached hydrogens (tertiary/aromatic N) is 1. The molecule has 1 aromatic heterocycles. The maximum absolute atomic E-state index is 11.7. The van der Waals surface area contributed by atoms with Gasteiger partial charge < -0.3 is 10.6 Å². The summed E-state index contributed by atoms with van der Waals surface area (Å²) in [6.07, 6.45) is 2.09. The third-order valence-corrected chi connectivity index (χ3v) is 3.21. The minimum absolute atomic E-state index is 0.0147. The van der Waals surface area contributed by atoms with Crippen LogP contribution in [0, 0.1) is 5.92 Å². The largest absolute Gasteiger partial charge is 0.340 e. The number of hydrogen-bond acceptors (Lipinski definition) is 3. The molecule has 0 bridgehead atoms. The molecule has 0 unspecified atom stereocenters. The monoisotopic (exact) mass is 337 g/mol. The van der Waals surface area contributed by atoms with Crippen molar-refractivity contribution in [2.24, 2.45) is 5.92 Å². The molecule has 0 aliphatic carbocycles. The predicted molar refractivity (Wildman–Crippen MR) is 92.1 cm³/mol. The van der Waals surface area contributed by atoms with Gasteiger partial charge in [-0.3, -0.25) is 4.79 Å². The Morgan fingerprint density at radius 1 is 1.14 bits per heavy atom. The van der Waals surface area contributed by atoms with Crippen LogP contribution in [0.25, 0.3) is 0 Å². The van der Waals surface area contributed by atoms with Crippen LogP contribution in [0.15, 0.2) is 36.5 Å². The molecule has 0 fully saturated rings. The Morgan fingerprint density at radius 2 is 1.82 bits per heavy atom. The number of aromatic nitrogens is 1. The summed E-state index contributed by atoms with van der Waals surface area (Å²) in [5.74, 6) is 0.945. The van der Waals surface area contributed by atoms with Crippen LogP contribution in [-0.2, 0) is 4.79 Å². The second-order valence-electron chi connectivity index (χ2n) is 5.36. The van der Waals surface area contributed by atoms with E-state index in [1.165, 1.54) is 0 Å². The third kappa shape index (κ3) is 5.20. The van der Waals surface area contributed by atoms with E-state index in [0.717, 1.165) is 5.69 Å². The van der Waals surface area contributed by atoms with Gasteiger partial charge in [0.25, 0.3) is 0 Å². The Hall–Kier alpha value is -1.78. The van der Waals surface area contributed by atoms with Crippen LogP contribution in [0.1, 0.15) is 20.3 Å². The molecule has 1 aromatic carbocycles. The lowest BCUT2D eigenvalue weighted by molar-refractivity contribution is -0.116. The summed E-state index contributed by atoms with van der Waals surface area (Å²) in [4.78, 5) is 15.9. The molecule has 22 heavy (non-hydrogen) atoms. The summed E-state index contributed by atoms with van der Waals surface area (Å²) in [6, 6.07) is 8.75. The van der Waals surface area contributed by atoms with Gasteiger partial charge in [0, 0.05) is 22.2 Å². The number of amides is 1. The van der Waals surface area contributed by atoms with Crippen LogP contribution in [0.2, 0.25) is 10.0 Å². The van der Waals surface area contributed by atoms with Crippen molar-refractivity contribution in [3.05, 3.63) is 46.6 Å². The molecule has 0 spiro atoms. The molecule has 0 aliphatic heterocycles. The van der Waals surface area contributed by atoms with Gasteiger partial charge in [0.15, 0.2) is 0 Å². The van der Waals surface area contributed by atoms with Crippen LogP contribution < -0.4 is 10.6 Å². The molecule has 0 saturated carbocycles. The highest BCUT2D eigenvalue weighted by Gasteiger charge is 2.06. The summed E-state index contributed by atoms with van der Waals surface area (Å²) in [5.41, 5.74) is 1.42. The molecule has 4 nitrogen and oxygen atoms in total. The maximum Gasteiger partial charge on any atom is 0.224 e. The average molecular weight is 338 g/mol. The highest BCUT2D eigenvalue weighted by Crippen LogP contribution is 2.24. The first kappa shape index (κ1) is 16.6. The first-order chi connectivity index (χ1) is 10.4. The lowest BCUT2D eigenvalue weighted by Gasteiger charge is -2.09. The first-order valence-electron chi connectivity index (χ1n) is 6.91. The number of carbonyl (C=O) groups is 1. The van der Waals surface area contributed by atoms with Gasteiger partial charge in [-0.2, -0.15) is 0 Å². The number of anilines is 3. The number of pyridine rings is 1. The molecule has 0 atom stereocenters. The zero-order chi connectivity index (χ0) is 16.1. The van der Waals surface area contributed by atoms with Gasteiger partial charge in [-0.15, -0.1) is 0 Å². The van der Waals surface area contributed by atoms with E-state index in [4.69, 9.17) is 23.2 Å². The molecule has 0 aliphatic rings. The molecule has 116 valence electrons. The lowest BCUT2D eigenvalue weighted by Crippen LogP contribution is -2.13. The van der Waals surface area contributed by atoms with E-state index in [1.807, 2.05) is 13.8 Å². The zero-order valence-corrected chi connectivity index (χ0v) is 13.9. The fraction of sp³-hybridized carbons (Fsp3) is 0.250. The highest BCUT2D eigenvalue weighted by molar-refractivity contribution is 6.35. The molecule has 6 heteroatoms. The molecular formula is C16H17Cl2N3O. The number of halogens is 2. The SMILES string of the molecule is CC(C)CC(=O)Nc1ccc(Nc2cc(Cl)cc(Cl)c2)nc1. The van der Waals surface area contributed by atoms with E-state index in [1.54, 1.807) is 36.5 Å². The molecule has 0 saturated heterocycles. The number of benzene rings is 1. The van der Waals surface area contributed by atoms with E-state index in [0.29, 0.717) is 33.9 Å². The fourth-order valence-electron chi connectivity index (χ4n) is 1.90. The van der Waals surface area contributed by atoms with Gasteiger partial charge in [-0.1, -0.05) is 37.0 Å². The van der Waals surface area contributed by atoms with Gasteiger partial charge >= 0.3 is 0 Å². The highest BCUT2D eigenvalue weighted by atomic mass is 35.5. The van der Waals surface area contributed by atoms with E-state index in [9.17, 15) is 4.79 Å². The summed E-state index contributed by atoms with van der Waals surface area (Å²) in [7, 11) is 0. The molecule has 2 rings (SSSR count). The van der Waals surface area contributed by atoms with E-state index < -0.39 is 0 Å². The van der Waals surface area contributed by atoms with Crippen molar-refractivity contribution in [2.75, 3.05) is 10.6 Å². The smallest absolute Gasteiger partial charge is 0.224 e. The Kier molecular flexibility index (Phi) is 5.63. The normalized spacial score (nSPS) is 10.6. The fourth-order valence-corrected chi connectivity index (χ4v) is 2.42. The van der Waals surface area contributed by atoms with Gasteiger partial charge in [-0.25, -0.2) is 4.98 Å². The van der Waals surface area contributed by atoms with Crippen LogP contribution in [0.3, 0.4) is 0 Å². The molecule has 0 radical (unpaired) electrons. The minimum Gasteiger partial charge on any atom is -0.340 e. The summed E-state index contributed by atoms with van der Waals surface area (Å²) < 4.78 is 0. The van der Waals surface area contributed by atoms with Crippen molar-refractivity contribution in [1.29, 1.82) is 0 Å². The standard InChI is InChI=1S/C16H17Cl2N3O/c1-10(2)5-16(22)21-13-3-4-15(19-9-13)20-14-7-11(17)6-12(18)8-14/h3-4,6-10H,5H2,1-2H3,(H,19,20)(H,21,22). The Bertz CT molecular complexity index is 637. The van der Waals surface area contributed by atoms with Gasteiger partial charge in [0.1, 0.15) is 5.82 Å². The number of rotatable bonds is 5. The summed E-state index contributed by atoms with van der Waals surface area (Å²) >= 11 is 11.9. The van der Waals surface area contributed by atoms with Crippen molar-refractivity contribution in [3.63, 3.8) is 0 Å². The van der Waals surface area contributed by atoms with Crippen molar-refractivity contribution in [3.8, 4) is 0 Å². The van der Waals surface area contributed by atoms with Crippen LogP contribution >= 0.6 is 23.2 Å². The molecule has 1 amide bonds. The van der Waals surface area contributed by atoms with Crippen molar-refractivity contribution in [2.45, 2.75) is 20.3 Å². The van der Waals surface area contributed by atoms with Crippen LogP contribution in [-0.4, -0.2) is 10.9 Å². The Balaban J connectivity index is 2.01. The molecular weight excluding hydrogens is 321 g/mol. The molecule has 1 heterocycles. The second kappa shape index (κ2) is 7.47. The van der Waals surface area contributed by atoms with Crippen molar-refractivity contribution < 1.29 is 4.79 Å². The van der Waals surface area contributed by atoms with Crippen molar-refractivity contribution >= 4 is 46.3 Å². The average Bonchev–Trinajstić information content (AvgIpc) is 2.39. The topological polar surface area (TPSA) is 54.0 Å². The first-order valence-corrected chi connectivity index (χ1v) is 7.67. The summed E-state index contributed by atoms with van der Waals surface area (Å²) in [5, 5.41) is 7.01. The number of nitrogens with one attached hydrogen (secondary N) is 2. The van der Waals surface area contributed by atoms with Gasteiger partial charge in [-0.05, 0) is 36.2 Å². The van der Waals surface area contributed by atoms with E-state index in [-0.39, 0.29) is 5.91 Å². The predicted octanol–water partition coefficient (Wildman–Crippen LogP) is 5.12. The Morgan fingerprint density at radius 3 is 2.36 bits per heavy atom. The zero-order valence-electron chi connectivity index (χ0n) is 12.4. The Labute approximate surface area is 139 Å². The quantitative estimate of drug-likeness (QED) is 0.796. The minimum atomic E-state index is -0.0147.